The summed E-state index contributed by atoms with van der Waals surface area (Å²) in [6.07, 6.45) is 19.7. The number of methoxy groups -OCH3 is 1. The van der Waals surface area contributed by atoms with Gasteiger partial charge in [0.1, 0.15) is 0 Å². The van der Waals surface area contributed by atoms with E-state index in [0.717, 1.165) is 57.4 Å². The van der Waals surface area contributed by atoms with Crippen molar-refractivity contribution in [2.24, 2.45) is 11.8 Å². The van der Waals surface area contributed by atoms with Crippen LogP contribution in [0.2, 0.25) is 0 Å². The predicted octanol–water partition coefficient (Wildman–Crippen LogP) is 3.20. The minimum absolute atomic E-state index is 0.352. The highest BCUT2D eigenvalue weighted by molar-refractivity contribution is 7.88. The van der Waals surface area contributed by atoms with E-state index in [0.29, 0.717) is 36.8 Å². The predicted molar refractivity (Wildman–Crippen MR) is 153 cm³/mol. The summed E-state index contributed by atoms with van der Waals surface area (Å²) in [6, 6.07) is 1.98. The molecule has 2 heterocycles. The van der Waals surface area contributed by atoms with Crippen LogP contribution in [-0.2, 0) is 14.8 Å². The molecule has 3 saturated carbocycles. The lowest BCUT2D eigenvalue weighted by Gasteiger charge is -2.49. The van der Waals surface area contributed by atoms with E-state index in [-0.39, 0.29) is 0 Å². The van der Waals surface area contributed by atoms with Crippen LogP contribution in [-0.4, -0.2) is 106 Å². The van der Waals surface area contributed by atoms with Crippen molar-refractivity contribution in [3.8, 4) is 0 Å². The summed E-state index contributed by atoms with van der Waals surface area (Å²) in [4.78, 5) is 5.51. The third kappa shape index (κ3) is 7.31. The van der Waals surface area contributed by atoms with Gasteiger partial charge >= 0.3 is 0 Å². The van der Waals surface area contributed by atoms with Gasteiger partial charge in [0.15, 0.2) is 0 Å². The van der Waals surface area contributed by atoms with Crippen molar-refractivity contribution in [3.63, 3.8) is 0 Å². The molecule has 0 aromatic heterocycles. The van der Waals surface area contributed by atoms with E-state index in [1.807, 2.05) is 7.11 Å². The highest BCUT2D eigenvalue weighted by Crippen LogP contribution is 2.43. The lowest BCUT2D eigenvalue weighted by Crippen LogP contribution is -2.56. The molecule has 9 heteroatoms. The average Bonchev–Trinajstić information content (AvgIpc) is 3.29. The fourth-order valence-electron chi connectivity index (χ4n) is 8.83. The quantitative estimate of drug-likeness (QED) is 0.454. The van der Waals surface area contributed by atoms with Gasteiger partial charge in [0.25, 0.3) is 0 Å². The Balaban J connectivity index is 1.25. The molecule has 38 heavy (non-hydrogen) atoms. The van der Waals surface area contributed by atoms with Crippen molar-refractivity contribution in [2.75, 3.05) is 52.6 Å². The van der Waals surface area contributed by atoms with Gasteiger partial charge in [-0.2, -0.15) is 0 Å². The summed E-state index contributed by atoms with van der Waals surface area (Å²) in [7, 11) is -1.24. The fraction of sp³-hybridized carbons (Fsp3) is 1.00. The highest BCUT2D eigenvalue weighted by atomic mass is 32.2. The van der Waals surface area contributed by atoms with Crippen LogP contribution in [0.5, 0.6) is 0 Å². The van der Waals surface area contributed by atoms with Gasteiger partial charge in [0, 0.05) is 57.5 Å². The molecule has 2 N–H and O–H groups in total. The first-order chi connectivity index (χ1) is 18.4. The van der Waals surface area contributed by atoms with E-state index in [9.17, 15) is 8.42 Å². The van der Waals surface area contributed by atoms with Gasteiger partial charge < -0.3 is 4.74 Å². The Bertz CT molecular complexity index is 838. The first kappa shape index (κ1) is 29.2. The number of hydrogen-bond acceptors (Lipinski definition) is 7. The van der Waals surface area contributed by atoms with Crippen molar-refractivity contribution < 1.29 is 13.2 Å². The molecule has 5 fully saturated rings. The zero-order valence-electron chi connectivity index (χ0n) is 24.2. The second kappa shape index (κ2) is 13.6. The largest absolute Gasteiger partial charge is 0.380 e. The molecule has 3 aliphatic carbocycles. The number of sulfonamides is 1. The summed E-state index contributed by atoms with van der Waals surface area (Å²) in [5.74, 6) is 1.69. The lowest BCUT2D eigenvalue weighted by atomic mass is 9.67. The zero-order chi connectivity index (χ0) is 26.5. The summed E-state index contributed by atoms with van der Waals surface area (Å²) in [6.45, 7) is 6.05. The number of nitrogens with zero attached hydrogens (tertiary/aromatic N) is 3. The van der Waals surface area contributed by atoms with Crippen molar-refractivity contribution in [3.05, 3.63) is 0 Å². The molecule has 0 radical (unpaired) electrons. The maximum absolute atomic E-state index is 11.8. The number of nitrogens with one attached hydrogen (secondary N) is 2. The van der Waals surface area contributed by atoms with E-state index >= 15 is 0 Å². The van der Waals surface area contributed by atoms with E-state index in [1.54, 1.807) is 0 Å². The molecule has 2 saturated heterocycles. The molecule has 6 atom stereocenters. The Hall–Kier alpha value is -0.290. The van der Waals surface area contributed by atoms with Crippen molar-refractivity contribution in [1.29, 1.82) is 0 Å². The minimum Gasteiger partial charge on any atom is -0.380 e. The van der Waals surface area contributed by atoms with Gasteiger partial charge in [-0.15, -0.1) is 0 Å². The van der Waals surface area contributed by atoms with Crippen LogP contribution < -0.4 is 10.1 Å². The molecular weight excluding hydrogens is 498 g/mol. The lowest BCUT2D eigenvalue weighted by molar-refractivity contribution is -0.0678. The van der Waals surface area contributed by atoms with Crippen LogP contribution in [0.1, 0.15) is 89.9 Å². The summed E-state index contributed by atoms with van der Waals surface area (Å²) in [5.41, 5.74) is 3.93. The molecule has 6 unspecified atom stereocenters. The van der Waals surface area contributed by atoms with E-state index < -0.39 is 10.0 Å². The Morgan fingerprint density at radius 2 is 1.66 bits per heavy atom. The molecule has 0 bridgehead atoms. The Morgan fingerprint density at radius 1 is 0.868 bits per heavy atom. The molecule has 0 aromatic rings. The third-order valence-corrected chi connectivity index (χ3v) is 11.4. The minimum atomic E-state index is -3.17. The van der Waals surface area contributed by atoms with E-state index in [1.165, 1.54) is 83.3 Å². The van der Waals surface area contributed by atoms with Gasteiger partial charge in [-0.25, -0.2) is 18.1 Å². The second-order valence-corrected chi connectivity index (χ2v) is 14.8. The first-order valence-electron chi connectivity index (χ1n) is 15.9. The average molecular weight is 554 g/mol. The number of rotatable bonds is 9. The fourth-order valence-corrected chi connectivity index (χ4v) is 9.32. The van der Waals surface area contributed by atoms with E-state index in [2.05, 4.69) is 25.0 Å². The Morgan fingerprint density at radius 3 is 2.45 bits per heavy atom. The molecular formula is C29H55N5O3S. The van der Waals surface area contributed by atoms with Crippen molar-refractivity contribution in [1.82, 2.24) is 25.0 Å². The van der Waals surface area contributed by atoms with Crippen molar-refractivity contribution >= 4 is 10.0 Å². The standard InChI is InChI=1S/C29H55N5O3S/c1-37-28-14-13-23-9-6-7-12-25(23)29(28)33-19-8-18-32(21-22-33)27(15-17-30-38(2,35)36)26-16-20-34(31-26)24-10-4-3-5-11-24/h23-31H,3-22H2,1-2H3. The Labute approximate surface area is 232 Å². The van der Waals surface area contributed by atoms with Crippen LogP contribution in [0, 0.1) is 11.8 Å². The van der Waals surface area contributed by atoms with Crippen LogP contribution in [0.3, 0.4) is 0 Å². The van der Waals surface area contributed by atoms with Crippen molar-refractivity contribution in [2.45, 2.75) is 120 Å². The maximum Gasteiger partial charge on any atom is 0.208 e. The number of fused-ring (bicyclic) bond motifs is 1. The van der Waals surface area contributed by atoms with Crippen LogP contribution in [0.4, 0.5) is 0 Å². The van der Waals surface area contributed by atoms with Gasteiger partial charge in [0.2, 0.25) is 10.0 Å². The number of ether oxygens (including phenoxy) is 1. The number of hydrogen-bond donors (Lipinski definition) is 2. The summed E-state index contributed by atoms with van der Waals surface area (Å²) >= 11 is 0. The number of hydrazine groups is 1. The molecule has 220 valence electrons. The monoisotopic (exact) mass is 553 g/mol. The summed E-state index contributed by atoms with van der Waals surface area (Å²) < 4.78 is 32.6. The topological polar surface area (TPSA) is 77.2 Å². The first-order valence-corrected chi connectivity index (χ1v) is 17.8. The highest BCUT2D eigenvalue weighted by Gasteiger charge is 2.44. The zero-order valence-corrected chi connectivity index (χ0v) is 25.0. The van der Waals surface area contributed by atoms with Crippen LogP contribution >= 0.6 is 0 Å². The maximum atomic E-state index is 11.8. The van der Waals surface area contributed by atoms with Gasteiger partial charge in [-0.1, -0.05) is 38.5 Å². The van der Waals surface area contributed by atoms with E-state index in [4.69, 9.17) is 4.74 Å². The van der Waals surface area contributed by atoms with Crippen LogP contribution in [0.25, 0.3) is 0 Å². The SMILES string of the molecule is COC1CCC2CCCCC2C1N1CCCN(C(CCNS(C)(=O)=O)C2CCN(C3CCCCC3)N2)CC1. The van der Waals surface area contributed by atoms with Crippen LogP contribution in [0.15, 0.2) is 0 Å². The smallest absolute Gasteiger partial charge is 0.208 e. The Kier molecular flexibility index (Phi) is 10.4. The molecule has 2 aliphatic heterocycles. The molecule has 5 rings (SSSR count). The molecule has 5 aliphatic rings. The van der Waals surface area contributed by atoms with Gasteiger partial charge in [-0.05, 0) is 76.3 Å². The van der Waals surface area contributed by atoms with Gasteiger partial charge in [0.05, 0.1) is 12.4 Å². The molecule has 8 nitrogen and oxygen atoms in total. The molecule has 0 amide bonds. The molecule has 0 spiro atoms. The summed E-state index contributed by atoms with van der Waals surface area (Å²) in [5, 5.41) is 2.54. The second-order valence-electron chi connectivity index (χ2n) is 13.0. The normalized spacial score (nSPS) is 36.1. The third-order valence-electron chi connectivity index (χ3n) is 10.7. The molecule has 0 aromatic carbocycles. The van der Waals surface area contributed by atoms with Gasteiger partial charge in [-0.3, -0.25) is 15.2 Å².